The summed E-state index contributed by atoms with van der Waals surface area (Å²) in [6.07, 6.45) is 0.868. The standard InChI is InChI=1S/C27H28N4O.C2H6/c1-16-11-22(12-17(2)29-16)26-18(3)24-8-7-20(14-25(24)30-26)19-5-4-6-21(13-19)27(32)31-10-9-23(28)15-31;1-2/h4-8,11-14,23,30H,9-10,15,28H2,1-3H3;1-2H3. The minimum absolute atomic E-state index is 0.0577. The summed E-state index contributed by atoms with van der Waals surface area (Å²) in [6, 6.07) is 18.7. The van der Waals surface area contributed by atoms with Crippen molar-refractivity contribution in [3.8, 4) is 22.4 Å². The maximum Gasteiger partial charge on any atom is 0.253 e. The van der Waals surface area contributed by atoms with Crippen molar-refractivity contribution in [2.75, 3.05) is 13.1 Å². The first-order valence-electron chi connectivity index (χ1n) is 12.1. The molecule has 0 bridgehead atoms. The van der Waals surface area contributed by atoms with Crippen LogP contribution in [0.25, 0.3) is 33.3 Å². The molecule has 34 heavy (non-hydrogen) atoms. The average molecular weight is 455 g/mol. The van der Waals surface area contributed by atoms with E-state index in [1.165, 1.54) is 10.9 Å². The molecule has 0 radical (unpaired) electrons. The number of nitrogens with one attached hydrogen (secondary N) is 1. The maximum atomic E-state index is 12.9. The molecule has 1 atom stereocenters. The van der Waals surface area contributed by atoms with Crippen LogP contribution in [0.4, 0.5) is 0 Å². The number of nitrogens with two attached hydrogens (primary N) is 1. The van der Waals surface area contributed by atoms with Gasteiger partial charge in [-0.1, -0.05) is 38.1 Å². The van der Waals surface area contributed by atoms with Crippen molar-refractivity contribution < 1.29 is 4.79 Å². The number of benzene rings is 2. The minimum atomic E-state index is 0.0577. The van der Waals surface area contributed by atoms with Crippen molar-refractivity contribution >= 4 is 16.8 Å². The van der Waals surface area contributed by atoms with E-state index in [-0.39, 0.29) is 11.9 Å². The van der Waals surface area contributed by atoms with E-state index in [1.54, 1.807) is 0 Å². The summed E-state index contributed by atoms with van der Waals surface area (Å²) in [5.74, 6) is 0.0577. The first kappa shape index (κ1) is 23.7. The summed E-state index contributed by atoms with van der Waals surface area (Å²) < 4.78 is 0. The van der Waals surface area contributed by atoms with E-state index < -0.39 is 0 Å². The van der Waals surface area contributed by atoms with Gasteiger partial charge in [-0.3, -0.25) is 9.78 Å². The summed E-state index contributed by atoms with van der Waals surface area (Å²) in [5.41, 5.74) is 15.4. The van der Waals surface area contributed by atoms with Gasteiger partial charge in [0.2, 0.25) is 0 Å². The Morgan fingerprint density at radius 1 is 0.971 bits per heavy atom. The average Bonchev–Trinajstić information content (AvgIpc) is 3.42. The van der Waals surface area contributed by atoms with Crippen LogP contribution in [0.15, 0.2) is 54.6 Å². The van der Waals surface area contributed by atoms with Gasteiger partial charge in [-0.25, -0.2) is 0 Å². The molecule has 5 nitrogen and oxygen atoms in total. The largest absolute Gasteiger partial charge is 0.354 e. The van der Waals surface area contributed by atoms with Gasteiger partial charge in [0.1, 0.15) is 0 Å². The number of aromatic amines is 1. The summed E-state index contributed by atoms with van der Waals surface area (Å²) in [6.45, 7) is 11.6. The second-order valence-corrected chi connectivity index (χ2v) is 8.90. The fraction of sp³-hybridized carbons (Fsp3) is 0.310. The number of hydrogen-bond acceptors (Lipinski definition) is 3. The highest BCUT2D eigenvalue weighted by Crippen LogP contribution is 2.33. The molecule has 1 unspecified atom stereocenters. The van der Waals surface area contributed by atoms with Crippen molar-refractivity contribution in [1.29, 1.82) is 0 Å². The second-order valence-electron chi connectivity index (χ2n) is 8.90. The van der Waals surface area contributed by atoms with Gasteiger partial charge in [-0.15, -0.1) is 0 Å². The maximum absolute atomic E-state index is 12.9. The molecule has 0 spiro atoms. The van der Waals surface area contributed by atoms with E-state index in [0.29, 0.717) is 12.1 Å². The first-order chi connectivity index (χ1) is 16.4. The van der Waals surface area contributed by atoms with Gasteiger partial charge in [0, 0.05) is 58.2 Å². The van der Waals surface area contributed by atoms with Crippen molar-refractivity contribution in [2.24, 2.45) is 5.73 Å². The molecule has 3 heterocycles. The number of fused-ring (bicyclic) bond motifs is 1. The predicted octanol–water partition coefficient (Wildman–Crippen LogP) is 6.02. The second kappa shape index (κ2) is 9.82. The molecule has 1 amide bonds. The Balaban J connectivity index is 0.00000133. The highest BCUT2D eigenvalue weighted by molar-refractivity contribution is 5.97. The lowest BCUT2D eigenvalue weighted by Crippen LogP contribution is -2.31. The Hall–Kier alpha value is -3.44. The van der Waals surface area contributed by atoms with Gasteiger partial charge in [-0.2, -0.15) is 0 Å². The molecule has 5 rings (SSSR count). The third-order valence-corrected chi connectivity index (χ3v) is 6.38. The molecular formula is C29H34N4O. The third-order valence-electron chi connectivity index (χ3n) is 6.38. The monoisotopic (exact) mass is 454 g/mol. The van der Waals surface area contributed by atoms with Crippen LogP contribution < -0.4 is 5.73 Å². The van der Waals surface area contributed by atoms with Gasteiger partial charge in [0.05, 0.1) is 0 Å². The molecule has 2 aromatic carbocycles. The number of nitrogens with zero attached hydrogens (tertiary/aromatic N) is 2. The number of rotatable bonds is 3. The number of carbonyl (C=O) groups is 1. The van der Waals surface area contributed by atoms with Crippen LogP contribution in [0.5, 0.6) is 0 Å². The number of aromatic nitrogens is 2. The topological polar surface area (TPSA) is 75.0 Å². The molecule has 5 heteroatoms. The molecule has 1 fully saturated rings. The van der Waals surface area contributed by atoms with Gasteiger partial charge in [0.25, 0.3) is 5.91 Å². The van der Waals surface area contributed by atoms with Crippen LogP contribution in [0, 0.1) is 20.8 Å². The summed E-state index contributed by atoms with van der Waals surface area (Å²) >= 11 is 0. The van der Waals surface area contributed by atoms with Gasteiger partial charge >= 0.3 is 0 Å². The van der Waals surface area contributed by atoms with Gasteiger partial charge < -0.3 is 15.6 Å². The number of hydrogen-bond donors (Lipinski definition) is 2. The molecule has 176 valence electrons. The molecule has 3 N–H and O–H groups in total. The van der Waals surface area contributed by atoms with E-state index in [4.69, 9.17) is 5.73 Å². The van der Waals surface area contributed by atoms with Gasteiger partial charge in [0.15, 0.2) is 0 Å². The number of H-pyrrole nitrogens is 1. The Morgan fingerprint density at radius 2 is 1.68 bits per heavy atom. The number of amides is 1. The lowest BCUT2D eigenvalue weighted by Gasteiger charge is -2.16. The molecule has 1 aliphatic rings. The van der Waals surface area contributed by atoms with Crippen molar-refractivity contribution in [3.05, 3.63) is 77.1 Å². The molecule has 0 aliphatic carbocycles. The van der Waals surface area contributed by atoms with Crippen molar-refractivity contribution in [3.63, 3.8) is 0 Å². The van der Waals surface area contributed by atoms with E-state index in [9.17, 15) is 4.79 Å². The predicted molar refractivity (Wildman–Crippen MR) is 141 cm³/mol. The number of likely N-dealkylation sites (tertiary alicyclic amines) is 1. The van der Waals surface area contributed by atoms with Crippen LogP contribution in [-0.2, 0) is 0 Å². The molecule has 1 aliphatic heterocycles. The molecule has 4 aromatic rings. The Labute approximate surface area is 202 Å². The Kier molecular flexibility index (Phi) is 6.85. The lowest BCUT2D eigenvalue weighted by molar-refractivity contribution is 0.0791. The van der Waals surface area contributed by atoms with Crippen LogP contribution in [0.3, 0.4) is 0 Å². The fourth-order valence-corrected chi connectivity index (χ4v) is 4.77. The zero-order valence-corrected chi connectivity index (χ0v) is 20.8. The molecule has 0 saturated carbocycles. The van der Waals surface area contributed by atoms with Crippen LogP contribution >= 0.6 is 0 Å². The molecule has 1 saturated heterocycles. The summed E-state index contributed by atoms with van der Waals surface area (Å²) in [4.78, 5) is 22.9. The first-order valence-corrected chi connectivity index (χ1v) is 12.1. The van der Waals surface area contributed by atoms with E-state index in [1.807, 2.05) is 50.8 Å². The fourth-order valence-electron chi connectivity index (χ4n) is 4.77. The smallest absolute Gasteiger partial charge is 0.253 e. The SMILES string of the molecule is CC.Cc1cc(-c2[nH]c3cc(-c4cccc(C(=O)N5CCC(N)C5)c4)ccc3c2C)cc(C)n1. The van der Waals surface area contributed by atoms with Crippen LogP contribution in [-0.4, -0.2) is 39.9 Å². The van der Waals surface area contributed by atoms with E-state index in [0.717, 1.165) is 52.3 Å². The van der Waals surface area contributed by atoms with Gasteiger partial charge in [-0.05, 0) is 74.2 Å². The van der Waals surface area contributed by atoms with Crippen LogP contribution in [0.2, 0.25) is 0 Å². The quantitative estimate of drug-likeness (QED) is 0.397. The lowest BCUT2D eigenvalue weighted by atomic mass is 10.0. The highest BCUT2D eigenvalue weighted by atomic mass is 16.2. The minimum Gasteiger partial charge on any atom is -0.354 e. The number of aryl methyl sites for hydroxylation is 3. The molecular weight excluding hydrogens is 420 g/mol. The Morgan fingerprint density at radius 3 is 2.35 bits per heavy atom. The normalized spacial score (nSPS) is 15.4. The molecule has 2 aromatic heterocycles. The highest BCUT2D eigenvalue weighted by Gasteiger charge is 2.24. The summed E-state index contributed by atoms with van der Waals surface area (Å²) in [7, 11) is 0. The van der Waals surface area contributed by atoms with Crippen molar-refractivity contribution in [2.45, 2.75) is 47.1 Å². The van der Waals surface area contributed by atoms with Crippen LogP contribution in [0.1, 0.15) is 47.6 Å². The number of pyridine rings is 1. The zero-order chi connectivity index (χ0) is 24.4. The third kappa shape index (κ3) is 4.62. The van der Waals surface area contributed by atoms with E-state index >= 15 is 0 Å². The zero-order valence-electron chi connectivity index (χ0n) is 20.8. The number of carbonyl (C=O) groups excluding carboxylic acids is 1. The van der Waals surface area contributed by atoms with E-state index in [2.05, 4.69) is 53.3 Å². The summed E-state index contributed by atoms with van der Waals surface area (Å²) in [5, 5.41) is 1.20. The Bertz CT molecular complexity index is 1320. The van der Waals surface area contributed by atoms with Crippen molar-refractivity contribution in [1.82, 2.24) is 14.9 Å².